The summed E-state index contributed by atoms with van der Waals surface area (Å²) in [6.45, 7) is 6.29. The number of nitrogens with one attached hydrogen (secondary N) is 1. The van der Waals surface area contributed by atoms with E-state index in [2.05, 4.69) is 34.5 Å². The summed E-state index contributed by atoms with van der Waals surface area (Å²) in [5, 5.41) is 3.50. The van der Waals surface area contributed by atoms with Crippen LogP contribution in [-0.4, -0.2) is 31.1 Å². The maximum atomic E-state index is 3.50. The fourth-order valence-electron chi connectivity index (χ4n) is 4.25. The summed E-state index contributed by atoms with van der Waals surface area (Å²) >= 11 is 0. The molecule has 2 nitrogen and oxygen atoms in total. The molecule has 1 aromatic carbocycles. The van der Waals surface area contributed by atoms with Crippen molar-refractivity contribution < 1.29 is 0 Å². The molecule has 2 fully saturated rings. The first-order chi connectivity index (χ1) is 9.36. The van der Waals surface area contributed by atoms with Gasteiger partial charge in [-0.3, -0.25) is 4.90 Å². The Labute approximate surface area is 116 Å². The number of hydrogen-bond donors (Lipinski definition) is 1. The number of piperidine rings is 1. The standard InChI is InChI=1S/C17H24N2/c1-2-4-15-12-19(10-5-14(15)3-1)13-16-11-17(16)6-8-18-9-7-17/h1-4,16,18H,5-13H2. The third-order valence-electron chi connectivity index (χ3n) is 5.65. The van der Waals surface area contributed by atoms with Crippen molar-refractivity contribution in [3.8, 4) is 0 Å². The van der Waals surface area contributed by atoms with E-state index in [1.807, 2.05) is 0 Å². The van der Waals surface area contributed by atoms with E-state index >= 15 is 0 Å². The summed E-state index contributed by atoms with van der Waals surface area (Å²) in [4.78, 5) is 2.70. The smallest absolute Gasteiger partial charge is 0.0236 e. The normalized spacial score (nSPS) is 29.2. The molecular formula is C17H24N2. The van der Waals surface area contributed by atoms with Crippen LogP contribution in [0.15, 0.2) is 24.3 Å². The lowest BCUT2D eigenvalue weighted by atomic mass is 9.91. The molecule has 1 saturated carbocycles. The zero-order valence-corrected chi connectivity index (χ0v) is 11.7. The van der Waals surface area contributed by atoms with Gasteiger partial charge in [0.05, 0.1) is 0 Å². The van der Waals surface area contributed by atoms with Crippen molar-refractivity contribution in [3.05, 3.63) is 35.4 Å². The summed E-state index contributed by atoms with van der Waals surface area (Å²) < 4.78 is 0. The second-order valence-corrected chi connectivity index (χ2v) is 6.77. The second kappa shape index (κ2) is 4.60. The topological polar surface area (TPSA) is 15.3 Å². The van der Waals surface area contributed by atoms with Crippen molar-refractivity contribution in [1.82, 2.24) is 10.2 Å². The summed E-state index contributed by atoms with van der Waals surface area (Å²) in [5.74, 6) is 0.986. The Morgan fingerprint density at radius 2 is 1.95 bits per heavy atom. The Hall–Kier alpha value is -0.860. The van der Waals surface area contributed by atoms with Crippen molar-refractivity contribution >= 4 is 0 Å². The van der Waals surface area contributed by atoms with Crippen LogP contribution in [0.1, 0.15) is 30.4 Å². The molecule has 0 bridgehead atoms. The third-order valence-corrected chi connectivity index (χ3v) is 5.65. The molecule has 1 N–H and O–H groups in total. The van der Waals surface area contributed by atoms with Crippen LogP contribution in [0.2, 0.25) is 0 Å². The largest absolute Gasteiger partial charge is 0.317 e. The molecule has 4 rings (SSSR count). The zero-order chi connectivity index (χ0) is 12.7. The van der Waals surface area contributed by atoms with Gasteiger partial charge in [0.15, 0.2) is 0 Å². The van der Waals surface area contributed by atoms with E-state index in [9.17, 15) is 0 Å². The SMILES string of the molecule is c1ccc2c(c1)CCN(CC1CC13CCNCC3)C2. The van der Waals surface area contributed by atoms with Crippen LogP contribution in [0.4, 0.5) is 0 Å². The van der Waals surface area contributed by atoms with Crippen molar-refractivity contribution in [2.75, 3.05) is 26.2 Å². The maximum absolute atomic E-state index is 3.50. The first-order valence-corrected chi connectivity index (χ1v) is 7.86. The zero-order valence-electron chi connectivity index (χ0n) is 11.7. The predicted octanol–water partition coefficient (Wildman–Crippen LogP) is 2.43. The molecule has 1 saturated heterocycles. The summed E-state index contributed by atoms with van der Waals surface area (Å²) in [6, 6.07) is 8.99. The van der Waals surface area contributed by atoms with Crippen LogP contribution in [0.25, 0.3) is 0 Å². The summed E-state index contributed by atoms with van der Waals surface area (Å²) in [5.41, 5.74) is 3.88. The molecule has 1 aromatic rings. The first kappa shape index (κ1) is 11.9. The molecule has 1 aliphatic carbocycles. The fourth-order valence-corrected chi connectivity index (χ4v) is 4.25. The highest BCUT2D eigenvalue weighted by atomic mass is 15.1. The fraction of sp³-hybridized carbons (Fsp3) is 0.647. The Balaban J connectivity index is 1.38. The van der Waals surface area contributed by atoms with Gasteiger partial charge in [-0.25, -0.2) is 0 Å². The molecule has 2 aliphatic heterocycles. The van der Waals surface area contributed by atoms with Gasteiger partial charge in [-0.15, -0.1) is 0 Å². The molecule has 0 aromatic heterocycles. The molecule has 19 heavy (non-hydrogen) atoms. The number of nitrogens with zero attached hydrogens (tertiary/aromatic N) is 1. The molecule has 0 amide bonds. The molecule has 1 unspecified atom stereocenters. The van der Waals surface area contributed by atoms with E-state index in [0.29, 0.717) is 0 Å². The minimum Gasteiger partial charge on any atom is -0.317 e. The van der Waals surface area contributed by atoms with Gasteiger partial charge in [0.25, 0.3) is 0 Å². The predicted molar refractivity (Wildman–Crippen MR) is 78.1 cm³/mol. The van der Waals surface area contributed by atoms with Gasteiger partial charge in [0.1, 0.15) is 0 Å². The summed E-state index contributed by atoms with van der Waals surface area (Å²) in [7, 11) is 0. The number of rotatable bonds is 2. The van der Waals surface area contributed by atoms with Crippen LogP contribution in [-0.2, 0) is 13.0 Å². The van der Waals surface area contributed by atoms with Crippen molar-refractivity contribution in [3.63, 3.8) is 0 Å². The average molecular weight is 256 g/mol. The van der Waals surface area contributed by atoms with Gasteiger partial charge >= 0.3 is 0 Å². The van der Waals surface area contributed by atoms with E-state index in [-0.39, 0.29) is 0 Å². The van der Waals surface area contributed by atoms with E-state index in [1.54, 1.807) is 11.1 Å². The van der Waals surface area contributed by atoms with Crippen molar-refractivity contribution in [1.29, 1.82) is 0 Å². The van der Waals surface area contributed by atoms with Gasteiger partial charge in [0.2, 0.25) is 0 Å². The summed E-state index contributed by atoms with van der Waals surface area (Å²) in [6.07, 6.45) is 5.58. The molecule has 3 aliphatic rings. The van der Waals surface area contributed by atoms with Gasteiger partial charge in [-0.2, -0.15) is 0 Å². The molecule has 2 heteroatoms. The molecule has 1 spiro atoms. The molecular weight excluding hydrogens is 232 g/mol. The maximum Gasteiger partial charge on any atom is 0.0236 e. The monoisotopic (exact) mass is 256 g/mol. The Bertz CT molecular complexity index is 462. The van der Waals surface area contributed by atoms with Gasteiger partial charge in [0, 0.05) is 19.6 Å². The van der Waals surface area contributed by atoms with Crippen LogP contribution >= 0.6 is 0 Å². The third kappa shape index (κ3) is 2.21. The van der Waals surface area contributed by atoms with E-state index in [4.69, 9.17) is 0 Å². The minimum absolute atomic E-state index is 0.738. The Morgan fingerprint density at radius 3 is 2.79 bits per heavy atom. The second-order valence-electron chi connectivity index (χ2n) is 6.77. The lowest BCUT2D eigenvalue weighted by Crippen LogP contribution is -2.35. The van der Waals surface area contributed by atoms with Crippen LogP contribution in [0.3, 0.4) is 0 Å². The molecule has 2 heterocycles. The van der Waals surface area contributed by atoms with E-state index in [0.717, 1.165) is 11.3 Å². The molecule has 0 radical (unpaired) electrons. The number of benzene rings is 1. The Morgan fingerprint density at radius 1 is 1.16 bits per heavy atom. The molecule has 1 atom stereocenters. The number of hydrogen-bond acceptors (Lipinski definition) is 2. The quantitative estimate of drug-likeness (QED) is 0.874. The van der Waals surface area contributed by atoms with Gasteiger partial charge < -0.3 is 5.32 Å². The van der Waals surface area contributed by atoms with Crippen molar-refractivity contribution in [2.45, 2.75) is 32.2 Å². The van der Waals surface area contributed by atoms with Crippen LogP contribution < -0.4 is 5.32 Å². The first-order valence-electron chi connectivity index (χ1n) is 7.86. The lowest BCUT2D eigenvalue weighted by Gasteiger charge is -2.30. The molecule has 102 valence electrons. The highest BCUT2D eigenvalue weighted by Crippen LogP contribution is 2.58. The van der Waals surface area contributed by atoms with Crippen molar-refractivity contribution in [2.24, 2.45) is 11.3 Å². The van der Waals surface area contributed by atoms with Crippen LogP contribution in [0, 0.1) is 11.3 Å². The van der Waals surface area contributed by atoms with E-state index < -0.39 is 0 Å². The Kier molecular flexibility index (Phi) is 2.89. The van der Waals surface area contributed by atoms with Gasteiger partial charge in [-0.05, 0) is 61.2 Å². The van der Waals surface area contributed by atoms with Crippen LogP contribution in [0.5, 0.6) is 0 Å². The van der Waals surface area contributed by atoms with E-state index in [1.165, 1.54) is 58.4 Å². The highest BCUT2D eigenvalue weighted by Gasteiger charge is 2.53. The number of fused-ring (bicyclic) bond motifs is 1. The highest BCUT2D eigenvalue weighted by molar-refractivity contribution is 5.29. The lowest BCUT2D eigenvalue weighted by molar-refractivity contribution is 0.215. The minimum atomic E-state index is 0.738. The van der Waals surface area contributed by atoms with Gasteiger partial charge in [-0.1, -0.05) is 24.3 Å². The average Bonchev–Trinajstić information content (AvgIpc) is 3.11.